The van der Waals surface area contributed by atoms with Gasteiger partial charge in [0.2, 0.25) is 5.91 Å². The van der Waals surface area contributed by atoms with E-state index in [4.69, 9.17) is 9.84 Å². The number of aliphatic hydroxyl groups excluding tert-OH is 1. The molecule has 0 bridgehead atoms. The molecule has 1 unspecified atom stereocenters. The first-order chi connectivity index (χ1) is 13.6. The minimum absolute atomic E-state index is 0.0471. The Morgan fingerprint density at radius 1 is 1.21 bits per heavy atom. The number of amides is 1. The van der Waals surface area contributed by atoms with E-state index in [1.807, 2.05) is 18.2 Å². The highest BCUT2D eigenvalue weighted by Crippen LogP contribution is 2.20. The van der Waals surface area contributed by atoms with Crippen LogP contribution < -0.4 is 15.8 Å². The minimum Gasteiger partial charge on any atom is -0.395 e. The van der Waals surface area contributed by atoms with Crippen LogP contribution in [0.5, 0.6) is 0 Å². The van der Waals surface area contributed by atoms with Crippen molar-refractivity contribution in [1.82, 2.24) is 19.8 Å². The maximum atomic E-state index is 12.4. The van der Waals surface area contributed by atoms with Crippen LogP contribution in [0.1, 0.15) is 0 Å². The summed E-state index contributed by atoms with van der Waals surface area (Å²) in [4.78, 5) is 32.6. The predicted molar refractivity (Wildman–Crippen MR) is 104 cm³/mol. The molecule has 150 valence electrons. The maximum Gasteiger partial charge on any atom is 0.261 e. The number of aromatic nitrogens is 2. The van der Waals surface area contributed by atoms with E-state index in [2.05, 4.69) is 20.1 Å². The van der Waals surface area contributed by atoms with E-state index in [0.29, 0.717) is 17.4 Å². The first-order valence-electron chi connectivity index (χ1n) is 9.60. The molecule has 2 aliphatic heterocycles. The number of carbonyl (C=O) groups excluding carboxylic acids is 1. The molecule has 28 heavy (non-hydrogen) atoms. The Bertz CT molecular complexity index is 897. The summed E-state index contributed by atoms with van der Waals surface area (Å²) >= 11 is 0. The molecule has 0 saturated carbocycles. The fourth-order valence-electron chi connectivity index (χ4n) is 3.74. The number of hydrogen-bond acceptors (Lipinski definition) is 7. The number of aliphatic hydroxyl groups is 1. The van der Waals surface area contributed by atoms with Crippen molar-refractivity contribution in [2.75, 3.05) is 57.4 Å². The Balaban J connectivity index is 1.39. The number of piperazine rings is 1. The summed E-state index contributed by atoms with van der Waals surface area (Å²) in [6, 6.07) is 5.73. The number of fused-ring (bicyclic) bond motifs is 1. The third-order valence-corrected chi connectivity index (χ3v) is 5.33. The SMILES string of the molecule is O=C1COC(CN2CCN(c3ccc4c(=O)n(CCO)cnc4c3)CC2)CN1. The third kappa shape index (κ3) is 4.01. The van der Waals surface area contributed by atoms with Crippen LogP contribution in [0.15, 0.2) is 29.3 Å². The topological polar surface area (TPSA) is 99.9 Å². The van der Waals surface area contributed by atoms with Gasteiger partial charge in [0, 0.05) is 45.0 Å². The van der Waals surface area contributed by atoms with Gasteiger partial charge in [-0.15, -0.1) is 0 Å². The molecule has 9 nitrogen and oxygen atoms in total. The highest BCUT2D eigenvalue weighted by atomic mass is 16.5. The monoisotopic (exact) mass is 387 g/mol. The molecular weight excluding hydrogens is 362 g/mol. The lowest BCUT2D eigenvalue weighted by molar-refractivity contribution is -0.133. The normalized spacial score (nSPS) is 21.1. The van der Waals surface area contributed by atoms with Crippen molar-refractivity contribution < 1.29 is 14.6 Å². The second-order valence-electron chi connectivity index (χ2n) is 7.19. The molecule has 2 saturated heterocycles. The number of carbonyl (C=O) groups is 1. The van der Waals surface area contributed by atoms with Crippen molar-refractivity contribution in [2.45, 2.75) is 12.6 Å². The van der Waals surface area contributed by atoms with Gasteiger partial charge in [0.25, 0.3) is 5.56 Å². The van der Waals surface area contributed by atoms with Crippen molar-refractivity contribution in [3.8, 4) is 0 Å². The molecule has 1 aromatic carbocycles. The molecule has 1 amide bonds. The smallest absolute Gasteiger partial charge is 0.261 e. The average molecular weight is 387 g/mol. The molecule has 0 aliphatic carbocycles. The number of benzene rings is 1. The molecule has 4 rings (SSSR count). The van der Waals surface area contributed by atoms with E-state index in [0.717, 1.165) is 38.4 Å². The van der Waals surface area contributed by atoms with Gasteiger partial charge in [-0.3, -0.25) is 19.1 Å². The number of rotatable bonds is 5. The fourth-order valence-corrected chi connectivity index (χ4v) is 3.74. The van der Waals surface area contributed by atoms with Gasteiger partial charge in [0.1, 0.15) is 6.61 Å². The molecule has 9 heteroatoms. The highest BCUT2D eigenvalue weighted by Gasteiger charge is 2.24. The van der Waals surface area contributed by atoms with Crippen molar-refractivity contribution in [2.24, 2.45) is 0 Å². The number of nitrogens with one attached hydrogen (secondary N) is 1. The number of anilines is 1. The third-order valence-electron chi connectivity index (χ3n) is 5.33. The standard InChI is InChI=1S/C19H25N5O4/c25-8-7-24-13-21-17-9-14(1-2-16(17)19(24)27)23-5-3-22(4-6-23)11-15-10-20-18(26)12-28-15/h1-2,9,13,15,25H,3-8,10-12H2,(H,20,26). The summed E-state index contributed by atoms with van der Waals surface area (Å²) in [6.45, 7) is 5.29. The van der Waals surface area contributed by atoms with Crippen LogP contribution in [0.4, 0.5) is 5.69 Å². The van der Waals surface area contributed by atoms with Crippen molar-refractivity contribution >= 4 is 22.5 Å². The molecule has 3 heterocycles. The van der Waals surface area contributed by atoms with Gasteiger partial charge < -0.3 is 20.1 Å². The first-order valence-corrected chi connectivity index (χ1v) is 9.60. The molecule has 2 aliphatic rings. The van der Waals surface area contributed by atoms with Crippen LogP contribution in [0.25, 0.3) is 10.9 Å². The molecule has 2 fully saturated rings. The average Bonchev–Trinajstić information content (AvgIpc) is 2.72. The summed E-state index contributed by atoms with van der Waals surface area (Å²) in [5.41, 5.74) is 1.60. The van der Waals surface area contributed by atoms with Crippen molar-refractivity contribution in [3.05, 3.63) is 34.9 Å². The zero-order chi connectivity index (χ0) is 19.5. The number of hydrogen-bond donors (Lipinski definition) is 2. The lowest BCUT2D eigenvalue weighted by Crippen LogP contribution is -2.52. The molecule has 0 spiro atoms. The second kappa shape index (κ2) is 8.26. The van der Waals surface area contributed by atoms with E-state index in [-0.39, 0.29) is 37.3 Å². The zero-order valence-electron chi connectivity index (χ0n) is 15.7. The van der Waals surface area contributed by atoms with Gasteiger partial charge in [0.05, 0.1) is 36.5 Å². The van der Waals surface area contributed by atoms with Gasteiger partial charge in [-0.05, 0) is 18.2 Å². The second-order valence-corrected chi connectivity index (χ2v) is 7.19. The first kappa shape index (κ1) is 18.9. The molecule has 2 aromatic rings. The Hall–Kier alpha value is -2.49. The molecule has 0 radical (unpaired) electrons. The van der Waals surface area contributed by atoms with Gasteiger partial charge >= 0.3 is 0 Å². The van der Waals surface area contributed by atoms with Crippen LogP contribution in [0.2, 0.25) is 0 Å². The van der Waals surface area contributed by atoms with E-state index in [9.17, 15) is 9.59 Å². The Labute approximate surface area is 162 Å². The van der Waals surface area contributed by atoms with Crippen LogP contribution in [-0.4, -0.2) is 84.1 Å². The van der Waals surface area contributed by atoms with E-state index < -0.39 is 0 Å². The summed E-state index contributed by atoms with van der Waals surface area (Å²) in [5.74, 6) is -0.0471. The summed E-state index contributed by atoms with van der Waals surface area (Å²) in [5, 5.41) is 12.4. The van der Waals surface area contributed by atoms with Gasteiger partial charge in [-0.25, -0.2) is 4.98 Å². The quantitative estimate of drug-likeness (QED) is 0.681. The Morgan fingerprint density at radius 2 is 2.04 bits per heavy atom. The fraction of sp³-hybridized carbons (Fsp3) is 0.526. The number of morpholine rings is 1. The Morgan fingerprint density at radius 3 is 2.75 bits per heavy atom. The molecular formula is C19H25N5O4. The van der Waals surface area contributed by atoms with Crippen LogP contribution >= 0.6 is 0 Å². The predicted octanol–water partition coefficient (Wildman–Crippen LogP) is -0.974. The van der Waals surface area contributed by atoms with Crippen molar-refractivity contribution in [3.63, 3.8) is 0 Å². The number of ether oxygens (including phenoxy) is 1. The lowest BCUT2D eigenvalue weighted by Gasteiger charge is -2.38. The summed E-state index contributed by atoms with van der Waals surface area (Å²) in [6.07, 6.45) is 1.54. The summed E-state index contributed by atoms with van der Waals surface area (Å²) < 4.78 is 7.00. The van der Waals surface area contributed by atoms with Crippen LogP contribution in [0, 0.1) is 0 Å². The largest absolute Gasteiger partial charge is 0.395 e. The van der Waals surface area contributed by atoms with Crippen LogP contribution in [-0.2, 0) is 16.1 Å². The highest BCUT2D eigenvalue weighted by molar-refractivity contribution is 5.81. The van der Waals surface area contributed by atoms with E-state index >= 15 is 0 Å². The summed E-state index contributed by atoms with van der Waals surface area (Å²) in [7, 11) is 0. The maximum absolute atomic E-state index is 12.4. The van der Waals surface area contributed by atoms with Crippen molar-refractivity contribution in [1.29, 1.82) is 0 Å². The zero-order valence-corrected chi connectivity index (χ0v) is 15.7. The van der Waals surface area contributed by atoms with Gasteiger partial charge in [-0.1, -0.05) is 0 Å². The van der Waals surface area contributed by atoms with Gasteiger partial charge in [0.15, 0.2) is 0 Å². The van der Waals surface area contributed by atoms with Crippen LogP contribution in [0.3, 0.4) is 0 Å². The molecule has 1 atom stereocenters. The lowest BCUT2D eigenvalue weighted by atomic mass is 10.2. The number of nitrogens with zero attached hydrogens (tertiary/aromatic N) is 4. The minimum atomic E-state index is -0.130. The Kier molecular flexibility index (Phi) is 5.56. The molecule has 1 aromatic heterocycles. The van der Waals surface area contributed by atoms with Gasteiger partial charge in [-0.2, -0.15) is 0 Å². The molecule has 2 N–H and O–H groups in total. The van der Waals surface area contributed by atoms with E-state index in [1.54, 1.807) is 0 Å². The van der Waals surface area contributed by atoms with E-state index in [1.165, 1.54) is 10.9 Å².